The number of hydrogen-bond donors (Lipinski definition) is 2. The van der Waals surface area contributed by atoms with Crippen LogP contribution in [0, 0.1) is 11.6 Å². The lowest BCUT2D eigenvalue weighted by atomic mass is 10.1. The molecule has 1 aromatic heterocycles. The fourth-order valence-electron chi connectivity index (χ4n) is 2.36. The van der Waals surface area contributed by atoms with Gasteiger partial charge in [-0.25, -0.2) is 8.78 Å². The quantitative estimate of drug-likeness (QED) is 0.636. The van der Waals surface area contributed by atoms with Gasteiger partial charge in [0.05, 0.1) is 11.6 Å². The van der Waals surface area contributed by atoms with Gasteiger partial charge in [-0.1, -0.05) is 24.8 Å². The Morgan fingerprint density at radius 1 is 1.43 bits per heavy atom. The molecule has 0 amide bonds. The molecule has 1 heterocycles. The highest BCUT2D eigenvalue weighted by Crippen LogP contribution is 2.42. The van der Waals surface area contributed by atoms with Gasteiger partial charge in [-0.05, 0) is 30.5 Å². The molecule has 1 aliphatic rings. The van der Waals surface area contributed by atoms with Gasteiger partial charge in [0.2, 0.25) is 0 Å². The van der Waals surface area contributed by atoms with Crippen LogP contribution in [0.15, 0.2) is 29.4 Å². The number of nitrogens with one attached hydrogen (secondary N) is 2. The minimum atomic E-state index is -0.795. The average Bonchev–Trinajstić information content (AvgIpc) is 3.04. The predicted molar refractivity (Wildman–Crippen MR) is 77.0 cm³/mol. The van der Waals surface area contributed by atoms with Gasteiger partial charge in [-0.15, -0.1) is 5.10 Å². The number of aromatic nitrogens is 3. The SMILES string of the molecule is CCC(N[C@@H]1C[C@H]1c1ccc(F)c(F)c1)Sc1cn[nH]n1. The van der Waals surface area contributed by atoms with Crippen molar-refractivity contribution in [1.82, 2.24) is 20.7 Å². The summed E-state index contributed by atoms with van der Waals surface area (Å²) in [5.41, 5.74) is 0.854. The van der Waals surface area contributed by atoms with Crippen molar-refractivity contribution < 1.29 is 8.78 Å². The summed E-state index contributed by atoms with van der Waals surface area (Å²) in [6.45, 7) is 2.10. The van der Waals surface area contributed by atoms with Crippen LogP contribution < -0.4 is 5.32 Å². The molecule has 0 saturated heterocycles. The van der Waals surface area contributed by atoms with E-state index in [-0.39, 0.29) is 11.3 Å². The van der Waals surface area contributed by atoms with E-state index >= 15 is 0 Å². The van der Waals surface area contributed by atoms with Crippen LogP contribution in [0.1, 0.15) is 31.2 Å². The summed E-state index contributed by atoms with van der Waals surface area (Å²) in [7, 11) is 0. The van der Waals surface area contributed by atoms with Crippen LogP contribution in [-0.4, -0.2) is 26.8 Å². The first kappa shape index (κ1) is 14.5. The Hall–Kier alpha value is -1.47. The van der Waals surface area contributed by atoms with Crippen molar-refractivity contribution in [2.24, 2.45) is 0 Å². The Kier molecular flexibility index (Phi) is 4.21. The lowest BCUT2D eigenvalue weighted by Crippen LogP contribution is -2.28. The molecule has 1 aromatic carbocycles. The zero-order valence-corrected chi connectivity index (χ0v) is 12.3. The summed E-state index contributed by atoms with van der Waals surface area (Å²) in [6.07, 6.45) is 3.58. The Labute approximate surface area is 125 Å². The van der Waals surface area contributed by atoms with Gasteiger partial charge >= 0.3 is 0 Å². The summed E-state index contributed by atoms with van der Waals surface area (Å²) in [5, 5.41) is 15.0. The number of thioether (sulfide) groups is 1. The van der Waals surface area contributed by atoms with Crippen molar-refractivity contribution in [3.8, 4) is 0 Å². The Morgan fingerprint density at radius 2 is 2.29 bits per heavy atom. The molecule has 2 aromatic rings. The zero-order chi connectivity index (χ0) is 14.8. The Balaban J connectivity index is 1.58. The third-order valence-corrected chi connectivity index (χ3v) is 4.78. The van der Waals surface area contributed by atoms with Gasteiger partial charge in [0.1, 0.15) is 5.03 Å². The monoisotopic (exact) mass is 310 g/mol. The van der Waals surface area contributed by atoms with Gasteiger partial charge in [0, 0.05) is 12.0 Å². The lowest BCUT2D eigenvalue weighted by Gasteiger charge is -2.15. The Bertz CT molecular complexity index is 605. The van der Waals surface area contributed by atoms with E-state index in [4.69, 9.17) is 0 Å². The van der Waals surface area contributed by atoms with Crippen molar-refractivity contribution in [2.75, 3.05) is 0 Å². The van der Waals surface area contributed by atoms with Gasteiger partial charge < -0.3 is 5.32 Å². The van der Waals surface area contributed by atoms with E-state index in [1.165, 1.54) is 12.1 Å². The average molecular weight is 310 g/mol. The summed E-state index contributed by atoms with van der Waals surface area (Å²) in [6, 6.07) is 4.46. The summed E-state index contributed by atoms with van der Waals surface area (Å²) in [5.74, 6) is -1.31. The van der Waals surface area contributed by atoms with Crippen LogP contribution in [0.3, 0.4) is 0 Å². The first-order chi connectivity index (χ1) is 10.2. The van der Waals surface area contributed by atoms with E-state index in [9.17, 15) is 8.78 Å². The molecule has 0 spiro atoms. The van der Waals surface area contributed by atoms with Crippen LogP contribution in [0.4, 0.5) is 8.78 Å². The van der Waals surface area contributed by atoms with Crippen molar-refractivity contribution in [1.29, 1.82) is 0 Å². The smallest absolute Gasteiger partial charge is 0.159 e. The van der Waals surface area contributed by atoms with Crippen LogP contribution in [0.5, 0.6) is 0 Å². The van der Waals surface area contributed by atoms with Crippen LogP contribution in [-0.2, 0) is 0 Å². The van der Waals surface area contributed by atoms with E-state index in [0.29, 0.717) is 6.04 Å². The highest BCUT2D eigenvalue weighted by atomic mass is 32.2. The van der Waals surface area contributed by atoms with Gasteiger partial charge in [-0.3, -0.25) is 0 Å². The normalized spacial score (nSPS) is 22.2. The number of benzene rings is 1. The highest BCUT2D eigenvalue weighted by Gasteiger charge is 2.39. The molecular formula is C14H16F2N4S. The molecule has 3 atom stereocenters. The fraction of sp³-hybridized carbons (Fsp3) is 0.429. The van der Waals surface area contributed by atoms with Gasteiger partial charge in [-0.2, -0.15) is 10.3 Å². The largest absolute Gasteiger partial charge is 0.302 e. The molecule has 1 saturated carbocycles. The molecule has 0 radical (unpaired) electrons. The lowest BCUT2D eigenvalue weighted by molar-refractivity contribution is 0.506. The second kappa shape index (κ2) is 6.11. The summed E-state index contributed by atoms with van der Waals surface area (Å²) >= 11 is 1.62. The van der Waals surface area contributed by atoms with E-state index < -0.39 is 11.6 Å². The van der Waals surface area contributed by atoms with Crippen LogP contribution in [0.2, 0.25) is 0 Å². The van der Waals surface area contributed by atoms with Gasteiger partial charge in [0.25, 0.3) is 0 Å². The molecule has 1 unspecified atom stereocenters. The fourth-order valence-corrected chi connectivity index (χ4v) is 3.27. The molecule has 0 aliphatic heterocycles. The van der Waals surface area contributed by atoms with E-state index in [2.05, 4.69) is 27.7 Å². The molecule has 2 N–H and O–H groups in total. The molecule has 7 heteroatoms. The molecule has 21 heavy (non-hydrogen) atoms. The minimum absolute atomic E-state index is 0.232. The number of halogens is 2. The maximum Gasteiger partial charge on any atom is 0.159 e. The second-order valence-electron chi connectivity index (χ2n) is 5.11. The Morgan fingerprint density at radius 3 is 2.95 bits per heavy atom. The zero-order valence-electron chi connectivity index (χ0n) is 11.5. The number of nitrogens with zero attached hydrogens (tertiary/aromatic N) is 2. The number of H-pyrrole nitrogens is 1. The van der Waals surface area contributed by atoms with E-state index in [1.54, 1.807) is 24.0 Å². The summed E-state index contributed by atoms with van der Waals surface area (Å²) < 4.78 is 26.2. The summed E-state index contributed by atoms with van der Waals surface area (Å²) in [4.78, 5) is 0. The van der Waals surface area contributed by atoms with Crippen molar-refractivity contribution >= 4 is 11.8 Å². The maximum absolute atomic E-state index is 13.3. The van der Waals surface area contributed by atoms with Crippen molar-refractivity contribution in [3.63, 3.8) is 0 Å². The predicted octanol–water partition coefficient (Wildman–Crippen LogP) is 3.06. The molecule has 1 aliphatic carbocycles. The molecule has 112 valence electrons. The second-order valence-corrected chi connectivity index (χ2v) is 6.33. The number of hydrogen-bond acceptors (Lipinski definition) is 4. The molecular weight excluding hydrogens is 294 g/mol. The van der Waals surface area contributed by atoms with Crippen molar-refractivity contribution in [3.05, 3.63) is 41.6 Å². The van der Waals surface area contributed by atoms with Crippen molar-refractivity contribution in [2.45, 2.75) is 42.1 Å². The number of rotatable bonds is 6. The third kappa shape index (κ3) is 3.41. The van der Waals surface area contributed by atoms with Crippen LogP contribution >= 0.6 is 11.8 Å². The first-order valence-corrected chi connectivity index (χ1v) is 7.78. The first-order valence-electron chi connectivity index (χ1n) is 6.90. The maximum atomic E-state index is 13.3. The highest BCUT2D eigenvalue weighted by molar-refractivity contribution is 7.99. The molecule has 4 nitrogen and oxygen atoms in total. The van der Waals surface area contributed by atoms with E-state index in [0.717, 1.165) is 23.4 Å². The van der Waals surface area contributed by atoms with Gasteiger partial charge in [0.15, 0.2) is 11.6 Å². The molecule has 3 rings (SSSR count). The van der Waals surface area contributed by atoms with E-state index in [1.807, 2.05) is 0 Å². The standard InChI is InChI=1S/C14H16F2N4S/c1-2-13(21-14-7-17-20-19-14)18-12-6-9(12)8-3-4-10(15)11(16)5-8/h3-5,7,9,12-13,18H,2,6H2,1H3,(H,17,19,20)/t9-,12+,13?/m0/s1. The molecule has 0 bridgehead atoms. The third-order valence-electron chi connectivity index (χ3n) is 3.59. The van der Waals surface area contributed by atoms with Crippen LogP contribution in [0.25, 0.3) is 0 Å². The number of aromatic amines is 1. The minimum Gasteiger partial charge on any atom is -0.302 e. The molecule has 1 fully saturated rings. The topological polar surface area (TPSA) is 53.6 Å².